The van der Waals surface area contributed by atoms with Crippen LogP contribution in [0.3, 0.4) is 0 Å². The molecule has 0 amide bonds. The number of halogens is 1. The average Bonchev–Trinajstić information content (AvgIpc) is 3.66. The Balaban J connectivity index is 1.30. The van der Waals surface area contributed by atoms with E-state index in [0.717, 1.165) is 52.9 Å². The number of nitrogens with zero attached hydrogens (tertiary/aromatic N) is 7. The van der Waals surface area contributed by atoms with Crippen molar-refractivity contribution >= 4 is 24.0 Å². The van der Waals surface area contributed by atoms with Crippen molar-refractivity contribution < 1.29 is 29.6 Å². The van der Waals surface area contributed by atoms with Crippen LogP contribution >= 0.6 is 11.6 Å². The Bertz CT molecular complexity index is 1770. The maximum atomic E-state index is 12.7. The number of rotatable bonds is 13. The van der Waals surface area contributed by atoms with E-state index in [1.807, 2.05) is 53.1 Å². The number of aryl methyl sites for hydroxylation is 1. The Labute approximate surface area is 263 Å². The largest absolute Gasteiger partial charge is 0.454 e. The highest BCUT2D eigenvalue weighted by molar-refractivity contribution is 6.31. The van der Waals surface area contributed by atoms with E-state index >= 15 is 0 Å². The van der Waals surface area contributed by atoms with Crippen LogP contribution in [0.15, 0.2) is 72.8 Å². The van der Waals surface area contributed by atoms with Gasteiger partial charge in [0.05, 0.1) is 12.0 Å². The van der Waals surface area contributed by atoms with Crippen LogP contribution in [0.5, 0.6) is 0 Å². The second-order valence-corrected chi connectivity index (χ2v) is 10.4. The zero-order chi connectivity index (χ0) is 31.8. The molecule has 13 nitrogen and oxygen atoms in total. The summed E-state index contributed by atoms with van der Waals surface area (Å²) < 4.78 is 7.22. The van der Waals surface area contributed by atoms with Crippen molar-refractivity contribution in [2.75, 3.05) is 0 Å². The van der Waals surface area contributed by atoms with Crippen LogP contribution in [0, 0.1) is 0 Å². The number of tetrazole rings is 1. The zero-order valence-electron chi connectivity index (χ0n) is 24.3. The van der Waals surface area contributed by atoms with Gasteiger partial charge in [0.15, 0.2) is 11.4 Å². The van der Waals surface area contributed by atoms with Crippen LogP contribution < -0.4 is 0 Å². The molecule has 3 aromatic carbocycles. The van der Waals surface area contributed by atoms with Gasteiger partial charge < -0.3 is 9.30 Å². The normalized spacial score (nSPS) is 11.2. The Hall–Kier alpha value is -4.79. The molecule has 45 heavy (non-hydrogen) atoms. The molecule has 0 aliphatic rings. The van der Waals surface area contributed by atoms with Gasteiger partial charge in [-0.3, -0.25) is 15.2 Å². The quantitative estimate of drug-likeness (QED) is 0.120. The van der Waals surface area contributed by atoms with Crippen LogP contribution in [0.25, 0.3) is 22.5 Å². The number of aromatic nitrogens is 6. The van der Waals surface area contributed by atoms with Gasteiger partial charge in [-0.15, -0.1) is 10.2 Å². The summed E-state index contributed by atoms with van der Waals surface area (Å²) in [6.07, 6.45) is 2.57. The minimum absolute atomic E-state index is 0.130. The Morgan fingerprint density at radius 3 is 2.36 bits per heavy atom. The number of aldehydes is 1. The molecule has 232 valence electrons. The third-order valence-electron chi connectivity index (χ3n) is 7.06. The molecule has 0 fully saturated rings. The fraction of sp³-hybridized carbons (Fsp3) is 0.226. The third kappa shape index (κ3) is 7.66. The molecule has 0 saturated carbocycles. The number of unbranched alkanes of at least 4 members (excludes halogenated alkanes) is 1. The second kappa shape index (κ2) is 14.8. The van der Waals surface area contributed by atoms with Crippen LogP contribution in [0.4, 0.5) is 4.79 Å². The molecule has 2 heterocycles. The van der Waals surface area contributed by atoms with Crippen LogP contribution in [0.1, 0.15) is 52.8 Å². The van der Waals surface area contributed by atoms with Gasteiger partial charge in [0.1, 0.15) is 18.1 Å². The van der Waals surface area contributed by atoms with E-state index in [-0.39, 0.29) is 29.6 Å². The van der Waals surface area contributed by atoms with E-state index in [2.05, 4.69) is 32.2 Å². The van der Waals surface area contributed by atoms with Crippen molar-refractivity contribution in [3.8, 4) is 22.5 Å². The van der Waals surface area contributed by atoms with Crippen molar-refractivity contribution in [2.45, 2.75) is 45.9 Å². The SMILES string of the molecule is CCCCc1nc(Cl)c(C=O)n1Cc1ccc(-c2ccccc2-c2nnn(C(=O)OCc3ccccc3CON(O)O)n2)cc1. The molecule has 5 aromatic rings. The molecule has 0 saturated heterocycles. The first-order valence-corrected chi connectivity index (χ1v) is 14.5. The average molecular weight is 632 g/mol. The molecule has 0 unspecified atom stereocenters. The summed E-state index contributed by atoms with van der Waals surface area (Å²) in [5, 5.41) is 29.7. The van der Waals surface area contributed by atoms with Gasteiger partial charge in [-0.2, -0.15) is 0 Å². The summed E-state index contributed by atoms with van der Waals surface area (Å²) in [4.78, 5) is 34.3. The van der Waals surface area contributed by atoms with Crippen molar-refractivity contribution in [1.82, 2.24) is 35.1 Å². The van der Waals surface area contributed by atoms with E-state index in [1.54, 1.807) is 24.3 Å². The van der Waals surface area contributed by atoms with Crippen molar-refractivity contribution in [1.29, 1.82) is 0 Å². The summed E-state index contributed by atoms with van der Waals surface area (Å²) in [5.41, 5.74) is 4.89. The maximum absolute atomic E-state index is 12.7. The minimum atomic E-state index is -0.843. The van der Waals surface area contributed by atoms with Gasteiger partial charge in [-0.25, -0.2) is 14.6 Å². The van der Waals surface area contributed by atoms with E-state index in [1.165, 1.54) is 0 Å². The van der Waals surface area contributed by atoms with Crippen LogP contribution in [0.2, 0.25) is 5.15 Å². The number of hydrogen-bond acceptors (Lipinski definition) is 11. The van der Waals surface area contributed by atoms with E-state index in [4.69, 9.17) is 26.8 Å². The summed E-state index contributed by atoms with van der Waals surface area (Å²) in [7, 11) is 0. The van der Waals surface area contributed by atoms with Gasteiger partial charge in [-0.1, -0.05) is 103 Å². The Kier molecular flexibility index (Phi) is 10.4. The predicted octanol–water partition coefficient (Wildman–Crippen LogP) is 5.76. The summed E-state index contributed by atoms with van der Waals surface area (Å²) in [6.45, 7) is 2.27. The first kappa shape index (κ1) is 31.6. The Morgan fingerprint density at radius 2 is 1.67 bits per heavy atom. The zero-order valence-corrected chi connectivity index (χ0v) is 25.0. The summed E-state index contributed by atoms with van der Waals surface area (Å²) in [6, 6.07) is 22.3. The number of carbonyl (C=O) groups is 2. The summed E-state index contributed by atoms with van der Waals surface area (Å²) in [5.74, 6) is 1.01. The standard InChI is InChI=1S/C31H30ClN7O6/c1-2-3-12-28-33-29(32)27(18-40)37(28)17-21-13-15-22(16-14-21)25-10-6-7-11-26(25)30-34-36-38(35-30)31(41)44-19-23-8-4-5-9-24(23)20-45-39(42)43/h4-11,13-16,18,42-43H,2-3,12,17,19-20H2,1H3. The number of carbonyl (C=O) groups excluding carboxylic acids is 2. The van der Waals surface area contributed by atoms with Gasteiger partial charge in [0.2, 0.25) is 5.82 Å². The molecule has 2 N–H and O–H groups in total. The van der Waals surface area contributed by atoms with Crippen molar-refractivity contribution in [3.63, 3.8) is 0 Å². The van der Waals surface area contributed by atoms with Crippen LogP contribution in [-0.4, -0.2) is 57.9 Å². The van der Waals surface area contributed by atoms with E-state index in [0.29, 0.717) is 28.9 Å². The monoisotopic (exact) mass is 631 g/mol. The molecule has 14 heteroatoms. The highest BCUT2D eigenvalue weighted by Crippen LogP contribution is 2.30. The van der Waals surface area contributed by atoms with Gasteiger partial charge >= 0.3 is 6.09 Å². The van der Waals surface area contributed by atoms with Gasteiger partial charge in [0.25, 0.3) is 0 Å². The lowest BCUT2D eigenvalue weighted by molar-refractivity contribution is -0.497. The smallest absolute Gasteiger partial charge is 0.442 e. The van der Waals surface area contributed by atoms with Gasteiger partial charge in [0, 0.05) is 18.5 Å². The Morgan fingerprint density at radius 1 is 0.978 bits per heavy atom. The molecule has 0 radical (unpaired) electrons. The minimum Gasteiger partial charge on any atom is -0.442 e. The molecule has 0 spiro atoms. The molecular weight excluding hydrogens is 602 g/mol. The molecule has 2 aromatic heterocycles. The predicted molar refractivity (Wildman–Crippen MR) is 161 cm³/mol. The van der Waals surface area contributed by atoms with E-state index < -0.39 is 6.09 Å². The molecule has 0 aliphatic carbocycles. The highest BCUT2D eigenvalue weighted by Gasteiger charge is 2.18. The first-order chi connectivity index (χ1) is 21.9. The molecule has 0 atom stereocenters. The van der Waals surface area contributed by atoms with Crippen LogP contribution in [-0.2, 0) is 35.8 Å². The fourth-order valence-electron chi connectivity index (χ4n) is 4.76. The fourth-order valence-corrected chi connectivity index (χ4v) is 5.01. The number of imidazole rings is 1. The number of benzene rings is 3. The third-order valence-corrected chi connectivity index (χ3v) is 7.34. The topological polar surface area (TPSA) is 158 Å². The van der Waals surface area contributed by atoms with Crippen molar-refractivity contribution in [3.05, 3.63) is 106 Å². The van der Waals surface area contributed by atoms with Crippen molar-refractivity contribution in [2.24, 2.45) is 0 Å². The first-order valence-electron chi connectivity index (χ1n) is 14.1. The lowest BCUT2D eigenvalue weighted by Crippen LogP contribution is -2.18. The lowest BCUT2D eigenvalue weighted by Gasteiger charge is -2.11. The summed E-state index contributed by atoms with van der Waals surface area (Å²) >= 11 is 6.24. The number of ether oxygens (including phenoxy) is 1. The van der Waals surface area contributed by atoms with Gasteiger partial charge in [-0.05, 0) is 39.5 Å². The molecule has 5 rings (SSSR count). The lowest BCUT2D eigenvalue weighted by atomic mass is 9.98. The maximum Gasteiger partial charge on any atom is 0.454 e. The highest BCUT2D eigenvalue weighted by atomic mass is 35.5. The second-order valence-electron chi connectivity index (χ2n) is 10.0. The van der Waals surface area contributed by atoms with E-state index in [9.17, 15) is 9.59 Å². The molecule has 0 aliphatic heterocycles. The molecular formula is C31H30ClN7O6. The molecule has 0 bridgehead atoms. The number of hydrogen-bond donors (Lipinski definition) is 2.